The van der Waals surface area contributed by atoms with E-state index in [0.717, 1.165) is 22.4 Å². The molecule has 3 aromatic carbocycles. The number of anilines is 1. The Balaban J connectivity index is 1.52. The molecule has 170 valence electrons. The summed E-state index contributed by atoms with van der Waals surface area (Å²) in [7, 11) is -3.14. The Hall–Kier alpha value is -3.40. The molecule has 1 N–H and O–H groups in total. The van der Waals surface area contributed by atoms with Crippen LogP contribution < -0.4 is 5.09 Å². The van der Waals surface area contributed by atoms with Crippen molar-refractivity contribution >= 4 is 35.3 Å². The van der Waals surface area contributed by atoms with Gasteiger partial charge in [-0.2, -0.15) is 0 Å². The van der Waals surface area contributed by atoms with Gasteiger partial charge in [0, 0.05) is 33.7 Å². The third-order valence-corrected chi connectivity index (χ3v) is 8.37. The molecule has 34 heavy (non-hydrogen) atoms. The Morgan fingerprint density at radius 1 is 0.824 bits per heavy atom. The Labute approximate surface area is 204 Å². The summed E-state index contributed by atoms with van der Waals surface area (Å²) < 4.78 is 20.3. The molecular formula is C28H25N2O2PS. The van der Waals surface area contributed by atoms with Gasteiger partial charge in [0.25, 0.3) is 0 Å². The molecule has 1 aromatic heterocycles. The summed E-state index contributed by atoms with van der Waals surface area (Å²) >= 11 is 1.46. The molecule has 4 nitrogen and oxygen atoms in total. The number of benzene rings is 3. The molecule has 2 heterocycles. The maximum atomic E-state index is 14.1. The van der Waals surface area contributed by atoms with Crippen LogP contribution in [0.15, 0.2) is 89.8 Å². The number of ether oxygens (including phenoxy) is 1. The Morgan fingerprint density at radius 2 is 1.35 bits per heavy atom. The first-order chi connectivity index (χ1) is 16.4. The fourth-order valence-corrected chi connectivity index (χ4v) is 7.10. The summed E-state index contributed by atoms with van der Waals surface area (Å²) in [6, 6.07) is 23.8. The maximum Gasteiger partial charge on any atom is 0.222 e. The monoisotopic (exact) mass is 484 g/mol. The van der Waals surface area contributed by atoms with Gasteiger partial charge in [-0.1, -0.05) is 78.4 Å². The number of hydrogen-bond donors (Lipinski definition) is 1. The molecular weight excluding hydrogens is 459 g/mol. The van der Waals surface area contributed by atoms with E-state index in [9.17, 15) is 4.57 Å². The smallest absolute Gasteiger partial charge is 0.222 e. The topological polar surface area (TPSA) is 51.2 Å². The highest BCUT2D eigenvalue weighted by molar-refractivity contribution is 7.72. The molecule has 0 amide bonds. The Kier molecular flexibility index (Phi) is 5.99. The summed E-state index contributed by atoms with van der Waals surface area (Å²) in [4.78, 5) is 4.80. The molecule has 0 saturated heterocycles. The van der Waals surface area contributed by atoms with E-state index >= 15 is 0 Å². The lowest BCUT2D eigenvalue weighted by Crippen LogP contribution is -2.03. The van der Waals surface area contributed by atoms with Crippen molar-refractivity contribution in [2.75, 3.05) is 5.09 Å². The van der Waals surface area contributed by atoms with Crippen molar-refractivity contribution in [1.82, 2.24) is 4.98 Å². The van der Waals surface area contributed by atoms with Crippen LogP contribution in [0.5, 0.6) is 0 Å². The minimum atomic E-state index is -3.14. The molecule has 1 aliphatic rings. The molecule has 0 atom stereocenters. The van der Waals surface area contributed by atoms with Gasteiger partial charge < -0.3 is 9.82 Å². The number of hydrogen-bond acceptors (Lipinski definition) is 4. The average molecular weight is 485 g/mol. The Bertz CT molecular complexity index is 1370. The summed E-state index contributed by atoms with van der Waals surface area (Å²) in [5.41, 5.74) is 7.36. The SMILES string of the molecule is Cc1cc(C)c(-c2csc(NP3(=O)C=C(c4ccccc4)OC(c4ccccc4)=C3)n2)c(C)c1. The highest BCUT2D eigenvalue weighted by atomic mass is 32.1. The van der Waals surface area contributed by atoms with Crippen LogP contribution in [0, 0.1) is 20.8 Å². The molecule has 0 saturated carbocycles. The van der Waals surface area contributed by atoms with E-state index in [2.05, 4.69) is 38.0 Å². The number of aryl methyl sites for hydroxylation is 3. The van der Waals surface area contributed by atoms with Gasteiger partial charge in [-0.05, 0) is 31.9 Å². The van der Waals surface area contributed by atoms with Crippen molar-refractivity contribution in [2.24, 2.45) is 0 Å². The zero-order valence-electron chi connectivity index (χ0n) is 19.3. The van der Waals surface area contributed by atoms with Crippen LogP contribution in [0.4, 0.5) is 5.13 Å². The van der Waals surface area contributed by atoms with Crippen molar-refractivity contribution in [3.05, 3.63) is 118 Å². The second-order valence-corrected chi connectivity index (χ2v) is 11.5. The maximum absolute atomic E-state index is 14.1. The third kappa shape index (κ3) is 4.63. The number of nitrogens with one attached hydrogen (secondary N) is 1. The lowest BCUT2D eigenvalue weighted by Gasteiger charge is -2.23. The zero-order valence-corrected chi connectivity index (χ0v) is 21.0. The molecule has 0 aliphatic carbocycles. The van der Waals surface area contributed by atoms with Crippen LogP contribution in [0.2, 0.25) is 0 Å². The van der Waals surface area contributed by atoms with Crippen LogP contribution in [0.3, 0.4) is 0 Å². The normalized spacial score (nSPS) is 14.7. The predicted octanol–water partition coefficient (Wildman–Crippen LogP) is 8.45. The molecule has 0 unspecified atom stereocenters. The van der Waals surface area contributed by atoms with Gasteiger partial charge in [0.1, 0.15) is 11.5 Å². The largest absolute Gasteiger partial charge is 0.456 e. The van der Waals surface area contributed by atoms with Crippen LogP contribution in [0.1, 0.15) is 27.8 Å². The van der Waals surface area contributed by atoms with Gasteiger partial charge in [0.15, 0.2) is 5.13 Å². The first-order valence-corrected chi connectivity index (χ1v) is 13.8. The van der Waals surface area contributed by atoms with Gasteiger partial charge in [-0.3, -0.25) is 4.57 Å². The first-order valence-electron chi connectivity index (χ1n) is 11.1. The molecule has 0 fully saturated rings. The number of rotatable bonds is 5. The van der Waals surface area contributed by atoms with E-state index < -0.39 is 7.29 Å². The third-order valence-electron chi connectivity index (χ3n) is 5.66. The molecule has 0 spiro atoms. The van der Waals surface area contributed by atoms with E-state index in [4.69, 9.17) is 9.72 Å². The lowest BCUT2D eigenvalue weighted by atomic mass is 9.98. The average Bonchev–Trinajstić information content (AvgIpc) is 3.26. The number of aromatic nitrogens is 1. The predicted molar refractivity (Wildman–Crippen MR) is 143 cm³/mol. The molecule has 0 radical (unpaired) electrons. The highest BCUT2D eigenvalue weighted by Crippen LogP contribution is 2.56. The summed E-state index contributed by atoms with van der Waals surface area (Å²) in [6.07, 6.45) is 0. The van der Waals surface area contributed by atoms with Crippen LogP contribution in [0.25, 0.3) is 22.8 Å². The van der Waals surface area contributed by atoms with E-state index in [0.29, 0.717) is 16.6 Å². The molecule has 5 rings (SSSR count). The first kappa shape index (κ1) is 22.4. The molecule has 6 heteroatoms. The van der Waals surface area contributed by atoms with Crippen molar-refractivity contribution < 1.29 is 9.30 Å². The van der Waals surface area contributed by atoms with Crippen molar-refractivity contribution in [3.8, 4) is 11.3 Å². The van der Waals surface area contributed by atoms with Gasteiger partial charge in [-0.15, -0.1) is 11.3 Å². The molecule has 1 aliphatic heterocycles. The minimum absolute atomic E-state index is 0.569. The zero-order chi connectivity index (χ0) is 23.7. The number of nitrogens with zero attached hydrogens (tertiary/aromatic N) is 1. The van der Waals surface area contributed by atoms with Gasteiger partial charge >= 0.3 is 0 Å². The van der Waals surface area contributed by atoms with Crippen molar-refractivity contribution in [1.29, 1.82) is 0 Å². The lowest BCUT2D eigenvalue weighted by molar-refractivity contribution is 0.469. The van der Waals surface area contributed by atoms with Gasteiger partial charge in [0.05, 0.1) is 5.69 Å². The van der Waals surface area contributed by atoms with Crippen LogP contribution in [-0.4, -0.2) is 4.98 Å². The Morgan fingerprint density at radius 3 is 1.88 bits per heavy atom. The summed E-state index contributed by atoms with van der Waals surface area (Å²) in [6.45, 7) is 6.31. The second kappa shape index (κ2) is 9.09. The van der Waals surface area contributed by atoms with E-state index in [-0.39, 0.29) is 0 Å². The summed E-state index contributed by atoms with van der Waals surface area (Å²) in [5.74, 6) is 4.52. The minimum Gasteiger partial charge on any atom is -0.456 e. The highest BCUT2D eigenvalue weighted by Gasteiger charge is 2.28. The fraction of sp³-hybridized carbons (Fsp3) is 0.107. The van der Waals surface area contributed by atoms with E-state index in [1.165, 1.54) is 28.0 Å². The number of thiazole rings is 1. The van der Waals surface area contributed by atoms with E-state index in [1.807, 2.05) is 66.0 Å². The van der Waals surface area contributed by atoms with Crippen molar-refractivity contribution in [3.63, 3.8) is 0 Å². The molecule has 4 aromatic rings. The van der Waals surface area contributed by atoms with Crippen LogP contribution >= 0.6 is 18.6 Å². The van der Waals surface area contributed by atoms with Crippen LogP contribution in [-0.2, 0) is 9.30 Å². The summed E-state index contributed by atoms with van der Waals surface area (Å²) in [5, 5.41) is 5.86. The molecule has 0 bridgehead atoms. The van der Waals surface area contributed by atoms with Gasteiger partial charge in [-0.25, -0.2) is 4.98 Å². The van der Waals surface area contributed by atoms with Crippen molar-refractivity contribution in [2.45, 2.75) is 20.8 Å². The second-order valence-electron chi connectivity index (χ2n) is 8.45. The quantitative estimate of drug-likeness (QED) is 0.289. The standard InChI is InChI=1S/C28H25N2O2PS/c1-19-14-20(2)27(21(3)15-19)24-18-34-28(29-24)30-33(31)16-25(22-10-6-4-7-11-22)32-26(17-33)23-12-8-5-9-13-23/h4-18H,1-3H3,(H,29,30,31). The fourth-order valence-electron chi connectivity index (χ4n) is 4.27. The van der Waals surface area contributed by atoms with E-state index in [1.54, 1.807) is 11.6 Å². The van der Waals surface area contributed by atoms with Gasteiger partial charge in [0.2, 0.25) is 7.29 Å².